The molecule has 1 fully saturated rings. The first-order valence-corrected chi connectivity index (χ1v) is 36.4. The minimum absolute atomic E-state index is 0.00762. The molecule has 35 heteroatoms. The summed E-state index contributed by atoms with van der Waals surface area (Å²) >= 11 is 0. The first-order chi connectivity index (χ1) is 48.7. The van der Waals surface area contributed by atoms with Crippen LogP contribution in [-0.2, 0) is 101 Å². The zero-order chi connectivity index (χ0) is 73.1. The summed E-state index contributed by atoms with van der Waals surface area (Å²) < 4.78 is 191. The zero-order valence-corrected chi connectivity index (χ0v) is 58.8. The van der Waals surface area contributed by atoms with Crippen LogP contribution in [0, 0.1) is 29.2 Å². The molecule has 0 unspecified atom stereocenters. The number of halogens is 4. The highest BCUT2D eigenvalue weighted by Crippen LogP contribution is 2.34. The number of carbonyl (C=O) groups excluding carboxylic acids is 4. The quantitative estimate of drug-likeness (QED) is 0.0155. The molecule has 3 aromatic rings. The predicted octanol–water partition coefficient (Wildman–Crippen LogP) is 4.05. The van der Waals surface area contributed by atoms with Crippen molar-refractivity contribution in [3.8, 4) is 16.9 Å². The first-order valence-electron chi connectivity index (χ1n) is 33.3. The molecule has 3 amide bonds. The second-order valence-corrected chi connectivity index (χ2v) is 26.0. The molecule has 1 saturated heterocycles. The summed E-state index contributed by atoms with van der Waals surface area (Å²) in [4.78, 5) is 57.5. The fourth-order valence-electron chi connectivity index (χ4n) is 9.49. The Balaban J connectivity index is 0.756. The lowest BCUT2D eigenvalue weighted by Gasteiger charge is -2.38. The fraction of sp³-hybridized carbons (Fsp3) is 0.621. The van der Waals surface area contributed by atoms with E-state index in [1.165, 1.54) is 10.4 Å². The second-order valence-electron chi connectivity index (χ2n) is 22.6. The van der Waals surface area contributed by atoms with E-state index in [9.17, 15) is 58.1 Å². The smallest absolute Gasteiger partial charge is 0.313 e. The highest BCUT2D eigenvalue weighted by Gasteiger charge is 2.38. The Morgan fingerprint density at radius 3 is 1.46 bits per heavy atom. The minimum Gasteiger partial charge on any atom is -0.420 e. The van der Waals surface area contributed by atoms with Crippen molar-refractivity contribution in [1.82, 2.24) is 19.8 Å². The normalized spacial score (nSPS) is 13.8. The number of sulfonamides is 1. The van der Waals surface area contributed by atoms with Crippen LogP contribution in [0.15, 0.2) is 64.0 Å². The molecular weight excluding hydrogens is 1380 g/mol. The Labute approximate surface area is 587 Å². The average Bonchev–Trinajstić information content (AvgIpc) is 0.902. The number of esters is 1. The molecule has 3 aromatic carbocycles. The van der Waals surface area contributed by atoms with Gasteiger partial charge in [0.25, 0.3) is 10.1 Å². The number of hydrogen-bond donors (Lipinski definition) is 4. The van der Waals surface area contributed by atoms with E-state index < -0.39 is 85.2 Å². The number of rotatable bonds is 57. The monoisotopic (exact) mass is 1480 g/mol. The molecule has 0 radical (unpaired) electrons. The highest BCUT2D eigenvalue weighted by atomic mass is 32.2. The van der Waals surface area contributed by atoms with Gasteiger partial charge in [0.15, 0.2) is 11.6 Å². The Hall–Kier alpha value is -6.23. The SMILES string of the molecule is CCCN(CCC)C(=O)C1=Cc2ccc(-c3cccc(S(=O)(=O)N4CC(CNC(=O)[C@H](CS(=O)(=O)O)NC(=O)CCOCCOCCOCCOCCOCCOCCOCCOCCOCCOCCOCCOCCOCCC(=O)Oc5c(F)c(F)cc(F)c5F)C4)c3)cc2N=C(N)C1. The number of nitrogens with two attached hydrogens (primary N) is 1. The van der Waals surface area contributed by atoms with Crippen molar-refractivity contribution in [2.45, 2.75) is 56.9 Å². The largest absolute Gasteiger partial charge is 0.420 e. The number of amides is 3. The summed E-state index contributed by atoms with van der Waals surface area (Å²) in [5.41, 5.74) is 9.39. The lowest BCUT2D eigenvalue weighted by Crippen LogP contribution is -2.56. The van der Waals surface area contributed by atoms with E-state index in [1.54, 1.807) is 24.3 Å². The van der Waals surface area contributed by atoms with Crippen LogP contribution in [0.3, 0.4) is 0 Å². The van der Waals surface area contributed by atoms with Crippen molar-refractivity contribution in [3.63, 3.8) is 0 Å². The lowest BCUT2D eigenvalue weighted by atomic mass is 10.0. The Kier molecular flexibility index (Phi) is 41.2. The molecule has 2 heterocycles. The van der Waals surface area contributed by atoms with Crippen LogP contribution in [0.25, 0.3) is 17.2 Å². The van der Waals surface area contributed by atoms with Gasteiger partial charge in [-0.05, 0) is 48.2 Å². The molecule has 29 nitrogen and oxygen atoms in total. The van der Waals surface area contributed by atoms with Gasteiger partial charge in [0, 0.05) is 68.7 Å². The number of nitrogens with one attached hydrogen (secondary N) is 2. The van der Waals surface area contributed by atoms with Gasteiger partial charge in [-0.15, -0.1) is 0 Å². The van der Waals surface area contributed by atoms with Gasteiger partial charge < -0.3 is 87.6 Å². The van der Waals surface area contributed by atoms with E-state index in [0.717, 1.165) is 12.8 Å². The number of nitrogens with zero attached hydrogens (tertiary/aromatic N) is 3. The van der Waals surface area contributed by atoms with Crippen molar-refractivity contribution >= 4 is 61.4 Å². The zero-order valence-electron chi connectivity index (χ0n) is 57.2. The second kappa shape index (κ2) is 48.7. The van der Waals surface area contributed by atoms with Crippen LogP contribution in [0.5, 0.6) is 5.75 Å². The summed E-state index contributed by atoms with van der Waals surface area (Å²) in [5, 5.41) is 4.89. The van der Waals surface area contributed by atoms with Crippen LogP contribution in [0.2, 0.25) is 0 Å². The van der Waals surface area contributed by atoms with Crippen molar-refractivity contribution in [3.05, 3.63) is 82.9 Å². The van der Waals surface area contributed by atoms with Crippen molar-refractivity contribution < 1.29 is 124 Å². The first kappa shape index (κ1) is 85.4. The third kappa shape index (κ3) is 33.8. The van der Waals surface area contributed by atoms with E-state index in [1.807, 2.05) is 37.0 Å². The summed E-state index contributed by atoms with van der Waals surface area (Å²) in [5.74, 6) is -12.4. The topological polar surface area (TPSA) is 355 Å². The Morgan fingerprint density at radius 1 is 0.594 bits per heavy atom. The summed E-state index contributed by atoms with van der Waals surface area (Å²) in [6, 6.07) is 10.3. The van der Waals surface area contributed by atoms with Gasteiger partial charge in [-0.3, -0.25) is 23.7 Å². The molecule has 5 N–H and O–H groups in total. The van der Waals surface area contributed by atoms with Crippen molar-refractivity contribution in [2.24, 2.45) is 16.6 Å². The van der Waals surface area contributed by atoms with E-state index in [0.29, 0.717) is 160 Å². The minimum atomic E-state index is -4.70. The van der Waals surface area contributed by atoms with Crippen molar-refractivity contribution in [1.29, 1.82) is 0 Å². The van der Waals surface area contributed by atoms with Gasteiger partial charge in [0.2, 0.25) is 45.1 Å². The third-order valence-corrected chi connectivity index (χ3v) is 17.1. The fourth-order valence-corrected chi connectivity index (χ4v) is 11.8. The van der Waals surface area contributed by atoms with Gasteiger partial charge in [-0.2, -0.15) is 21.5 Å². The van der Waals surface area contributed by atoms with Crippen LogP contribution >= 0.6 is 0 Å². The van der Waals surface area contributed by atoms with Gasteiger partial charge in [0.05, 0.1) is 189 Å². The number of benzene rings is 3. The van der Waals surface area contributed by atoms with E-state index in [4.69, 9.17) is 67.3 Å². The summed E-state index contributed by atoms with van der Waals surface area (Å²) in [7, 11) is -8.67. The maximum atomic E-state index is 13.8. The number of aliphatic imine (C=N–C) groups is 1. The van der Waals surface area contributed by atoms with Crippen LogP contribution in [0.4, 0.5) is 23.2 Å². The summed E-state index contributed by atoms with van der Waals surface area (Å²) in [6.45, 7) is 13.0. The predicted molar refractivity (Wildman–Crippen MR) is 358 cm³/mol. The van der Waals surface area contributed by atoms with E-state index in [2.05, 4.69) is 20.4 Å². The number of ether oxygens (including phenoxy) is 14. The molecule has 0 aromatic heterocycles. The molecule has 2 aliphatic heterocycles. The van der Waals surface area contributed by atoms with E-state index >= 15 is 0 Å². The maximum absolute atomic E-state index is 13.8. The number of carbonyl (C=O) groups is 4. The van der Waals surface area contributed by atoms with Gasteiger partial charge in [-0.25, -0.2) is 22.2 Å². The van der Waals surface area contributed by atoms with Gasteiger partial charge >= 0.3 is 5.97 Å². The highest BCUT2D eigenvalue weighted by molar-refractivity contribution is 7.89. The van der Waals surface area contributed by atoms with Crippen LogP contribution in [-0.4, -0.2) is 276 Å². The third-order valence-electron chi connectivity index (χ3n) is 14.5. The molecule has 0 spiro atoms. The molecule has 101 heavy (non-hydrogen) atoms. The summed E-state index contributed by atoms with van der Waals surface area (Å²) in [6.07, 6.45) is 3.00. The average molecular weight is 1480 g/mol. The molecule has 0 bridgehead atoms. The molecular formula is C66H96F4N6O23S2. The number of fused-ring (bicyclic) bond motifs is 1. The number of amidine groups is 1. The lowest BCUT2D eigenvalue weighted by molar-refractivity contribution is -0.136. The Bertz CT molecular complexity index is 3250. The van der Waals surface area contributed by atoms with Crippen molar-refractivity contribution in [2.75, 3.05) is 210 Å². The molecule has 2 aliphatic rings. The molecule has 0 aliphatic carbocycles. The molecule has 5 rings (SSSR count). The van der Waals surface area contributed by atoms with Crippen LogP contribution in [0.1, 0.15) is 51.5 Å². The van der Waals surface area contributed by atoms with Gasteiger partial charge in [-0.1, -0.05) is 38.1 Å². The van der Waals surface area contributed by atoms with Crippen LogP contribution < -0.4 is 21.1 Å². The number of hydrogen-bond acceptors (Lipinski definition) is 24. The standard InChI is InChI=1S/C66H96F4N6O23S2/c1-3-12-75(13-4-2)66(80)53-40-52-9-8-51(42-57(52)73-59(71)43-53)50-6-5-7-54(41-50)101(84,85)76-46-49(47-76)45-72-65(79)58(48-100(81,82)83)74-60(77)10-14-86-16-18-88-20-22-90-24-26-92-28-30-94-32-34-96-36-38-98-39-37-97-35-33-95-31-29-93-27-25-91-23-21-89-19-17-87-15-11-61(78)99-64-62(69)55(67)44-56(68)63(64)70/h5-9,40-42,44,49,58H,3-4,10-39,43,45-48H2,1-2H3,(H2,71,73)(H,72,79)(H,74,77)(H,81,82,83)/t58-/m0/s1. The van der Waals surface area contributed by atoms with Gasteiger partial charge in [0.1, 0.15) is 17.6 Å². The maximum Gasteiger partial charge on any atom is 0.313 e. The van der Waals surface area contributed by atoms with E-state index in [-0.39, 0.29) is 114 Å². The Morgan fingerprint density at radius 2 is 1.02 bits per heavy atom. The molecule has 1 atom stereocenters. The molecule has 568 valence electrons. The molecule has 0 saturated carbocycles.